The molecule has 0 spiro atoms. The molecule has 2 aromatic carbocycles. The molecule has 0 aliphatic heterocycles. The molecule has 0 aliphatic rings. The number of anilines is 1. The number of sulfonamides is 1. The number of nitrogens with one attached hydrogen (secondary N) is 1. The van der Waals surface area contributed by atoms with Crippen molar-refractivity contribution in [3.63, 3.8) is 0 Å². The summed E-state index contributed by atoms with van der Waals surface area (Å²) in [6, 6.07) is 13.9. The highest BCUT2D eigenvalue weighted by Crippen LogP contribution is 2.19. The quantitative estimate of drug-likeness (QED) is 0.472. The lowest BCUT2D eigenvalue weighted by atomic mass is 10.1. The van der Waals surface area contributed by atoms with Gasteiger partial charge in [-0.3, -0.25) is 13.9 Å². The number of rotatable bonds is 10. The fourth-order valence-electron chi connectivity index (χ4n) is 2.81. The van der Waals surface area contributed by atoms with Crippen LogP contribution in [0.25, 0.3) is 0 Å². The Bertz CT molecular complexity index is 973. The first-order chi connectivity index (χ1) is 13.7. The molecule has 0 radical (unpaired) electrons. The number of hydrogen-bond donors (Lipinski definition) is 1. The van der Waals surface area contributed by atoms with Crippen LogP contribution in [0.5, 0.6) is 5.75 Å². The predicted octanol–water partition coefficient (Wildman–Crippen LogP) is 2.41. The van der Waals surface area contributed by atoms with E-state index in [1.807, 2.05) is 24.3 Å². The van der Waals surface area contributed by atoms with E-state index in [2.05, 4.69) is 5.32 Å². The number of Topliss-reactive ketones (excluding diaryl/α,β-unsaturated/α-hetero) is 1. The van der Waals surface area contributed by atoms with Gasteiger partial charge in [-0.1, -0.05) is 24.3 Å². The van der Waals surface area contributed by atoms with E-state index in [0.717, 1.165) is 28.3 Å². The molecule has 0 unspecified atom stereocenters. The highest BCUT2D eigenvalue weighted by atomic mass is 32.2. The lowest BCUT2D eigenvalue weighted by molar-refractivity contribution is -0.119. The number of benzene rings is 2. The van der Waals surface area contributed by atoms with Crippen LogP contribution in [-0.2, 0) is 21.2 Å². The van der Waals surface area contributed by atoms with Crippen molar-refractivity contribution in [2.24, 2.45) is 0 Å². The minimum absolute atomic E-state index is 0.178. The van der Waals surface area contributed by atoms with Crippen LogP contribution < -0.4 is 14.4 Å². The molecule has 0 heterocycles. The van der Waals surface area contributed by atoms with E-state index >= 15 is 0 Å². The zero-order chi connectivity index (χ0) is 21.4. The van der Waals surface area contributed by atoms with Crippen molar-refractivity contribution < 1.29 is 22.7 Å². The van der Waals surface area contributed by atoms with Crippen molar-refractivity contribution in [3.8, 4) is 5.75 Å². The van der Waals surface area contributed by atoms with Gasteiger partial charge < -0.3 is 10.1 Å². The average molecular weight is 419 g/mol. The third-order valence-corrected chi connectivity index (χ3v) is 5.47. The molecule has 7 nitrogen and oxygen atoms in total. The number of hydrogen-bond acceptors (Lipinski definition) is 5. The van der Waals surface area contributed by atoms with Gasteiger partial charge in [0.2, 0.25) is 15.9 Å². The van der Waals surface area contributed by atoms with E-state index in [1.54, 1.807) is 25.3 Å². The van der Waals surface area contributed by atoms with Crippen LogP contribution in [-0.4, -0.2) is 46.6 Å². The minimum atomic E-state index is -3.69. The zero-order valence-corrected chi connectivity index (χ0v) is 17.7. The second-order valence-electron chi connectivity index (χ2n) is 6.68. The second-order valence-corrected chi connectivity index (χ2v) is 8.59. The van der Waals surface area contributed by atoms with Crippen molar-refractivity contribution in [1.82, 2.24) is 5.32 Å². The van der Waals surface area contributed by atoms with E-state index < -0.39 is 15.9 Å². The van der Waals surface area contributed by atoms with Crippen LogP contribution in [0.3, 0.4) is 0 Å². The molecule has 1 N–H and O–H groups in total. The fourth-order valence-corrected chi connectivity index (χ4v) is 3.66. The summed E-state index contributed by atoms with van der Waals surface area (Å²) >= 11 is 0. The first-order valence-electron chi connectivity index (χ1n) is 9.19. The number of carbonyl (C=O) groups is 2. The van der Waals surface area contributed by atoms with Crippen LogP contribution in [0.15, 0.2) is 48.5 Å². The SMILES string of the molecule is COc1cccc(CCCNC(=O)CN(c2cccc(C(C)=O)c2)S(C)(=O)=O)c1. The van der Waals surface area contributed by atoms with Gasteiger partial charge in [0.05, 0.1) is 19.1 Å². The number of nitrogens with zero attached hydrogens (tertiary/aromatic N) is 1. The Hall–Kier alpha value is -2.87. The molecule has 1 amide bonds. The summed E-state index contributed by atoms with van der Waals surface area (Å²) in [6.07, 6.45) is 2.50. The maximum absolute atomic E-state index is 12.3. The monoisotopic (exact) mass is 418 g/mol. The average Bonchev–Trinajstić information content (AvgIpc) is 2.68. The van der Waals surface area contributed by atoms with Gasteiger partial charge in [0, 0.05) is 12.1 Å². The summed E-state index contributed by atoms with van der Waals surface area (Å²) in [5.41, 5.74) is 1.76. The first kappa shape index (κ1) is 22.4. The molecule has 0 atom stereocenters. The molecule has 0 aliphatic carbocycles. The van der Waals surface area contributed by atoms with E-state index in [-0.39, 0.29) is 18.0 Å². The van der Waals surface area contributed by atoms with Gasteiger partial charge in [-0.25, -0.2) is 8.42 Å². The number of ether oxygens (including phenoxy) is 1. The molecule has 2 aromatic rings. The van der Waals surface area contributed by atoms with Crippen molar-refractivity contribution >= 4 is 27.4 Å². The number of ketones is 1. The topological polar surface area (TPSA) is 92.8 Å². The van der Waals surface area contributed by atoms with Crippen LogP contribution in [0.1, 0.15) is 29.3 Å². The minimum Gasteiger partial charge on any atom is -0.497 e. The Kier molecular flexibility index (Phi) is 7.78. The molecule has 0 bridgehead atoms. The maximum atomic E-state index is 12.3. The Morgan fingerprint density at radius 1 is 1.10 bits per heavy atom. The molecule has 0 saturated heterocycles. The largest absolute Gasteiger partial charge is 0.497 e. The smallest absolute Gasteiger partial charge is 0.240 e. The lowest BCUT2D eigenvalue weighted by Gasteiger charge is -2.22. The van der Waals surface area contributed by atoms with Crippen molar-refractivity contribution in [1.29, 1.82) is 0 Å². The third-order valence-electron chi connectivity index (χ3n) is 4.33. The molecule has 0 aromatic heterocycles. The van der Waals surface area contributed by atoms with E-state index in [1.165, 1.54) is 13.0 Å². The highest BCUT2D eigenvalue weighted by molar-refractivity contribution is 7.92. The molecule has 156 valence electrons. The summed E-state index contributed by atoms with van der Waals surface area (Å²) < 4.78 is 30.5. The fraction of sp³-hybridized carbons (Fsp3) is 0.333. The lowest BCUT2D eigenvalue weighted by Crippen LogP contribution is -2.40. The number of carbonyl (C=O) groups excluding carboxylic acids is 2. The van der Waals surface area contributed by atoms with E-state index in [9.17, 15) is 18.0 Å². The van der Waals surface area contributed by atoms with Gasteiger partial charge in [0.1, 0.15) is 12.3 Å². The van der Waals surface area contributed by atoms with Crippen LogP contribution >= 0.6 is 0 Å². The zero-order valence-electron chi connectivity index (χ0n) is 16.8. The normalized spacial score (nSPS) is 11.0. The van der Waals surface area contributed by atoms with E-state index in [4.69, 9.17) is 4.74 Å². The molecule has 8 heteroatoms. The van der Waals surface area contributed by atoms with Crippen molar-refractivity contribution in [2.75, 3.05) is 30.8 Å². The molecule has 0 saturated carbocycles. The summed E-state index contributed by atoms with van der Waals surface area (Å²) in [4.78, 5) is 23.9. The third kappa shape index (κ3) is 6.90. The molecule has 0 fully saturated rings. The van der Waals surface area contributed by atoms with Crippen molar-refractivity contribution in [2.45, 2.75) is 19.8 Å². The van der Waals surface area contributed by atoms with Crippen LogP contribution in [0, 0.1) is 0 Å². The maximum Gasteiger partial charge on any atom is 0.240 e. The van der Waals surface area contributed by atoms with Crippen LogP contribution in [0.4, 0.5) is 5.69 Å². The number of aryl methyl sites for hydroxylation is 1. The van der Waals surface area contributed by atoms with Gasteiger partial charge >= 0.3 is 0 Å². The summed E-state index contributed by atoms with van der Waals surface area (Å²) in [5.74, 6) is 0.194. The molecular formula is C21H26N2O5S. The van der Waals surface area contributed by atoms with Gasteiger partial charge in [-0.05, 0) is 49.6 Å². The number of amides is 1. The second kappa shape index (κ2) is 10.1. The Morgan fingerprint density at radius 3 is 2.48 bits per heavy atom. The van der Waals surface area contributed by atoms with Gasteiger partial charge in [0.25, 0.3) is 0 Å². The number of methoxy groups -OCH3 is 1. The molecular weight excluding hydrogens is 392 g/mol. The summed E-state index contributed by atoms with van der Waals surface area (Å²) in [7, 11) is -2.08. The van der Waals surface area contributed by atoms with Crippen LogP contribution in [0.2, 0.25) is 0 Å². The van der Waals surface area contributed by atoms with Gasteiger partial charge in [-0.2, -0.15) is 0 Å². The Morgan fingerprint density at radius 2 is 1.83 bits per heavy atom. The summed E-state index contributed by atoms with van der Waals surface area (Å²) in [6.45, 7) is 1.47. The standard InChI is InChI=1S/C21H26N2O5S/c1-16(24)18-9-5-10-19(14-18)23(29(3,26)27)15-21(25)22-12-6-8-17-7-4-11-20(13-17)28-2/h4-5,7,9-11,13-14H,6,8,12,15H2,1-3H3,(H,22,25). The highest BCUT2D eigenvalue weighted by Gasteiger charge is 2.21. The predicted molar refractivity (Wildman–Crippen MR) is 113 cm³/mol. The Labute approximate surface area is 171 Å². The molecule has 2 rings (SSSR count). The Balaban J connectivity index is 1.95. The van der Waals surface area contributed by atoms with E-state index in [0.29, 0.717) is 18.5 Å². The first-order valence-corrected chi connectivity index (χ1v) is 11.0. The van der Waals surface area contributed by atoms with Gasteiger partial charge in [0.15, 0.2) is 5.78 Å². The molecule has 29 heavy (non-hydrogen) atoms. The summed E-state index contributed by atoms with van der Waals surface area (Å²) in [5, 5.41) is 2.75. The van der Waals surface area contributed by atoms with Crippen molar-refractivity contribution in [3.05, 3.63) is 59.7 Å². The van der Waals surface area contributed by atoms with Gasteiger partial charge in [-0.15, -0.1) is 0 Å².